The lowest BCUT2D eigenvalue weighted by Gasteiger charge is -2.14. The number of benzene rings is 1. The molecule has 5 nitrogen and oxygen atoms in total. The molecule has 1 rings (SSSR count). The molecular formula is C15H23ClN2O3. The first-order chi connectivity index (χ1) is 9.43. The molecule has 0 aliphatic carbocycles. The molecule has 1 unspecified atom stereocenters. The molecule has 0 aliphatic rings. The van der Waals surface area contributed by atoms with Crippen molar-refractivity contribution < 1.29 is 14.7 Å². The van der Waals surface area contributed by atoms with Gasteiger partial charge in [0.2, 0.25) is 5.91 Å². The quantitative estimate of drug-likeness (QED) is 0.722. The van der Waals surface area contributed by atoms with E-state index in [1.807, 2.05) is 39.0 Å². The molecule has 0 spiro atoms. The standard InChI is InChI=1S/C15H22N2O3.ClH/c1-4-5-13(15(19)20)16-9-14(18)17-12-7-6-10(2)8-11(12)3;/h6-8,13,16H,4-5,9H2,1-3H3,(H,17,18)(H,19,20);1H. The van der Waals surface area contributed by atoms with Gasteiger partial charge in [-0.1, -0.05) is 31.0 Å². The van der Waals surface area contributed by atoms with E-state index in [4.69, 9.17) is 5.11 Å². The van der Waals surface area contributed by atoms with Crippen LogP contribution in [0, 0.1) is 13.8 Å². The Bertz CT molecular complexity index is 492. The third-order valence-corrected chi connectivity index (χ3v) is 3.04. The predicted molar refractivity (Wildman–Crippen MR) is 86.1 cm³/mol. The zero-order valence-corrected chi connectivity index (χ0v) is 13.4. The lowest BCUT2D eigenvalue weighted by molar-refractivity contribution is -0.139. The molecule has 0 bridgehead atoms. The molecule has 6 heteroatoms. The third-order valence-electron chi connectivity index (χ3n) is 3.04. The fourth-order valence-electron chi connectivity index (χ4n) is 1.97. The number of aryl methyl sites for hydroxylation is 2. The summed E-state index contributed by atoms with van der Waals surface area (Å²) in [5.41, 5.74) is 2.87. The first-order valence-corrected chi connectivity index (χ1v) is 6.77. The third kappa shape index (κ3) is 6.60. The van der Waals surface area contributed by atoms with Crippen LogP contribution in [0.2, 0.25) is 0 Å². The van der Waals surface area contributed by atoms with E-state index >= 15 is 0 Å². The van der Waals surface area contributed by atoms with E-state index in [0.717, 1.165) is 23.2 Å². The highest BCUT2D eigenvalue weighted by Gasteiger charge is 2.16. The number of carbonyl (C=O) groups excluding carboxylic acids is 1. The van der Waals surface area contributed by atoms with E-state index in [1.165, 1.54) is 0 Å². The molecule has 0 aromatic heterocycles. The molecule has 0 saturated heterocycles. The van der Waals surface area contributed by atoms with Crippen molar-refractivity contribution in [3.8, 4) is 0 Å². The van der Waals surface area contributed by atoms with Crippen molar-refractivity contribution in [1.29, 1.82) is 0 Å². The topological polar surface area (TPSA) is 78.4 Å². The summed E-state index contributed by atoms with van der Waals surface area (Å²) in [6.45, 7) is 5.81. The van der Waals surface area contributed by atoms with Crippen molar-refractivity contribution in [2.45, 2.75) is 39.7 Å². The van der Waals surface area contributed by atoms with Crippen LogP contribution in [0.15, 0.2) is 18.2 Å². The van der Waals surface area contributed by atoms with E-state index in [2.05, 4.69) is 10.6 Å². The van der Waals surface area contributed by atoms with Crippen LogP contribution in [-0.2, 0) is 9.59 Å². The van der Waals surface area contributed by atoms with Gasteiger partial charge in [0.15, 0.2) is 0 Å². The largest absolute Gasteiger partial charge is 0.480 e. The zero-order chi connectivity index (χ0) is 15.1. The number of halogens is 1. The number of carbonyl (C=O) groups is 2. The van der Waals surface area contributed by atoms with Gasteiger partial charge in [-0.25, -0.2) is 0 Å². The van der Waals surface area contributed by atoms with Gasteiger partial charge in [-0.3, -0.25) is 14.9 Å². The van der Waals surface area contributed by atoms with Crippen LogP contribution < -0.4 is 10.6 Å². The maximum absolute atomic E-state index is 11.8. The second-order valence-corrected chi connectivity index (χ2v) is 4.93. The van der Waals surface area contributed by atoms with Crippen LogP contribution in [0.1, 0.15) is 30.9 Å². The lowest BCUT2D eigenvalue weighted by Crippen LogP contribution is -2.41. The molecule has 118 valence electrons. The van der Waals surface area contributed by atoms with Crippen molar-refractivity contribution in [3.05, 3.63) is 29.3 Å². The first-order valence-electron chi connectivity index (χ1n) is 6.77. The molecule has 0 saturated carbocycles. The molecule has 1 aromatic rings. The van der Waals surface area contributed by atoms with Gasteiger partial charge in [0.25, 0.3) is 0 Å². The van der Waals surface area contributed by atoms with Crippen LogP contribution >= 0.6 is 12.4 Å². The number of rotatable bonds is 7. The molecule has 1 amide bonds. The summed E-state index contributed by atoms with van der Waals surface area (Å²) in [5.74, 6) is -1.16. The summed E-state index contributed by atoms with van der Waals surface area (Å²) < 4.78 is 0. The molecule has 0 fully saturated rings. The fraction of sp³-hybridized carbons (Fsp3) is 0.467. The Morgan fingerprint density at radius 2 is 1.95 bits per heavy atom. The maximum Gasteiger partial charge on any atom is 0.320 e. The summed E-state index contributed by atoms with van der Waals surface area (Å²) >= 11 is 0. The molecule has 0 aliphatic heterocycles. The van der Waals surface area contributed by atoms with Gasteiger partial charge in [-0.15, -0.1) is 12.4 Å². The summed E-state index contributed by atoms with van der Waals surface area (Å²) in [6, 6.07) is 5.08. The Hall–Kier alpha value is -1.59. The number of carboxylic acid groups (broad SMARTS) is 1. The molecule has 0 heterocycles. The highest BCUT2D eigenvalue weighted by molar-refractivity contribution is 5.93. The van der Waals surface area contributed by atoms with Gasteiger partial charge >= 0.3 is 5.97 Å². The maximum atomic E-state index is 11.8. The van der Waals surface area contributed by atoms with E-state index in [9.17, 15) is 9.59 Å². The van der Waals surface area contributed by atoms with E-state index in [-0.39, 0.29) is 24.9 Å². The van der Waals surface area contributed by atoms with E-state index < -0.39 is 12.0 Å². The number of nitrogens with one attached hydrogen (secondary N) is 2. The minimum absolute atomic E-state index is 0. The van der Waals surface area contributed by atoms with Crippen molar-refractivity contribution in [2.24, 2.45) is 0 Å². The number of hydrogen-bond donors (Lipinski definition) is 3. The highest BCUT2D eigenvalue weighted by Crippen LogP contribution is 2.15. The fourth-order valence-corrected chi connectivity index (χ4v) is 1.97. The highest BCUT2D eigenvalue weighted by atomic mass is 35.5. The van der Waals surface area contributed by atoms with Crippen LogP contribution in [-0.4, -0.2) is 29.6 Å². The number of anilines is 1. The Kier molecular flexibility index (Phi) is 8.66. The lowest BCUT2D eigenvalue weighted by atomic mass is 10.1. The molecule has 3 N–H and O–H groups in total. The monoisotopic (exact) mass is 314 g/mol. The summed E-state index contributed by atoms with van der Waals surface area (Å²) in [4.78, 5) is 22.8. The second-order valence-electron chi connectivity index (χ2n) is 4.93. The average molecular weight is 315 g/mol. The Morgan fingerprint density at radius 1 is 1.29 bits per heavy atom. The Balaban J connectivity index is 0.00000400. The van der Waals surface area contributed by atoms with Crippen LogP contribution in [0.5, 0.6) is 0 Å². The van der Waals surface area contributed by atoms with Gasteiger partial charge in [-0.2, -0.15) is 0 Å². The summed E-state index contributed by atoms with van der Waals surface area (Å²) in [5, 5.41) is 14.5. The SMILES string of the molecule is CCCC(NCC(=O)Nc1ccc(C)cc1C)C(=O)O.Cl. The Labute approximate surface area is 131 Å². The number of hydrogen-bond acceptors (Lipinski definition) is 3. The van der Waals surface area contributed by atoms with Crippen molar-refractivity contribution in [1.82, 2.24) is 5.32 Å². The molecule has 1 atom stereocenters. The number of amides is 1. The van der Waals surface area contributed by atoms with E-state index in [0.29, 0.717) is 6.42 Å². The van der Waals surface area contributed by atoms with Gasteiger partial charge in [0.05, 0.1) is 6.54 Å². The summed E-state index contributed by atoms with van der Waals surface area (Å²) in [7, 11) is 0. The van der Waals surface area contributed by atoms with E-state index in [1.54, 1.807) is 0 Å². The van der Waals surface area contributed by atoms with Gasteiger partial charge in [-0.05, 0) is 31.9 Å². The smallest absolute Gasteiger partial charge is 0.320 e. The van der Waals surface area contributed by atoms with Crippen LogP contribution in [0.4, 0.5) is 5.69 Å². The first kappa shape index (κ1) is 19.4. The predicted octanol–water partition coefficient (Wildman–Crippen LogP) is 2.51. The van der Waals surface area contributed by atoms with Crippen molar-refractivity contribution >= 4 is 30.0 Å². The molecular weight excluding hydrogens is 292 g/mol. The molecule has 0 radical (unpaired) electrons. The van der Waals surface area contributed by atoms with Gasteiger partial charge in [0.1, 0.15) is 6.04 Å². The zero-order valence-electron chi connectivity index (χ0n) is 12.6. The Morgan fingerprint density at radius 3 is 2.48 bits per heavy atom. The summed E-state index contributed by atoms with van der Waals surface area (Å²) in [6.07, 6.45) is 1.26. The number of carboxylic acids is 1. The van der Waals surface area contributed by atoms with Crippen LogP contribution in [0.3, 0.4) is 0 Å². The van der Waals surface area contributed by atoms with Crippen molar-refractivity contribution in [2.75, 3.05) is 11.9 Å². The molecule has 1 aromatic carbocycles. The second kappa shape index (κ2) is 9.37. The molecule has 21 heavy (non-hydrogen) atoms. The van der Waals surface area contributed by atoms with Crippen molar-refractivity contribution in [3.63, 3.8) is 0 Å². The normalized spacial score (nSPS) is 11.4. The van der Waals surface area contributed by atoms with Gasteiger partial charge in [0, 0.05) is 5.69 Å². The van der Waals surface area contributed by atoms with Gasteiger partial charge < -0.3 is 10.4 Å². The average Bonchev–Trinajstić information content (AvgIpc) is 2.37. The van der Waals surface area contributed by atoms with Crippen LogP contribution in [0.25, 0.3) is 0 Å². The number of aliphatic carboxylic acids is 1. The minimum Gasteiger partial charge on any atom is -0.480 e. The minimum atomic E-state index is -0.925.